The first-order valence-electron chi connectivity index (χ1n) is 9.34. The van der Waals surface area contributed by atoms with Crippen LogP contribution < -0.4 is 4.74 Å². The fraction of sp³-hybridized carbons (Fsp3) is 0.429. The summed E-state index contributed by atoms with van der Waals surface area (Å²) in [6, 6.07) is 9.77. The monoisotopic (exact) mass is 367 g/mol. The number of aromatic nitrogens is 1. The maximum atomic E-state index is 12.9. The number of aromatic amines is 1. The lowest BCUT2D eigenvalue weighted by Gasteiger charge is -2.29. The number of carbonyl (C=O) groups is 2. The van der Waals surface area contributed by atoms with E-state index in [1.807, 2.05) is 47.1 Å². The lowest BCUT2D eigenvalue weighted by molar-refractivity contribution is -0.130. The Labute approximate surface area is 159 Å². The predicted octanol–water partition coefficient (Wildman–Crippen LogP) is 2.62. The highest BCUT2D eigenvalue weighted by molar-refractivity contribution is 5.95. The maximum absolute atomic E-state index is 12.9. The second-order valence-electron chi connectivity index (χ2n) is 7.54. The molecule has 0 spiro atoms. The molecule has 0 radical (unpaired) electrons. The van der Waals surface area contributed by atoms with Crippen LogP contribution in [0.25, 0.3) is 0 Å². The molecule has 6 heteroatoms. The number of nitrogens with one attached hydrogen (secondary N) is 1. The zero-order chi connectivity index (χ0) is 19.1. The van der Waals surface area contributed by atoms with Gasteiger partial charge in [0, 0.05) is 50.3 Å². The van der Waals surface area contributed by atoms with Crippen LogP contribution in [0.4, 0.5) is 0 Å². The first-order chi connectivity index (χ1) is 13.0. The van der Waals surface area contributed by atoms with E-state index in [2.05, 4.69) is 4.98 Å². The van der Waals surface area contributed by atoms with Crippen LogP contribution in [0.3, 0.4) is 0 Å². The first kappa shape index (κ1) is 17.6. The number of benzene rings is 1. The fourth-order valence-electron chi connectivity index (χ4n) is 4.62. The molecule has 2 saturated heterocycles. The van der Waals surface area contributed by atoms with E-state index in [1.165, 1.54) is 0 Å². The van der Waals surface area contributed by atoms with Gasteiger partial charge >= 0.3 is 0 Å². The molecule has 3 heterocycles. The minimum atomic E-state index is 0.00327. The molecule has 27 heavy (non-hydrogen) atoms. The molecule has 2 fully saturated rings. The van der Waals surface area contributed by atoms with Crippen molar-refractivity contribution in [1.82, 2.24) is 14.8 Å². The lowest BCUT2D eigenvalue weighted by atomic mass is 9.89. The second kappa shape index (κ2) is 6.76. The van der Waals surface area contributed by atoms with Crippen molar-refractivity contribution in [2.45, 2.75) is 19.9 Å². The Morgan fingerprint density at radius 1 is 1.11 bits per heavy atom. The molecule has 0 aliphatic carbocycles. The van der Waals surface area contributed by atoms with Crippen LogP contribution in [0.1, 0.15) is 34.6 Å². The van der Waals surface area contributed by atoms with Crippen molar-refractivity contribution < 1.29 is 14.3 Å². The van der Waals surface area contributed by atoms with Crippen molar-refractivity contribution in [3.8, 4) is 5.75 Å². The van der Waals surface area contributed by atoms with Crippen molar-refractivity contribution in [2.75, 3.05) is 26.7 Å². The van der Waals surface area contributed by atoms with Crippen molar-refractivity contribution in [3.63, 3.8) is 0 Å². The molecule has 142 valence electrons. The van der Waals surface area contributed by atoms with Gasteiger partial charge in [0.2, 0.25) is 5.91 Å². The number of rotatable bonds is 3. The Morgan fingerprint density at radius 2 is 1.85 bits per heavy atom. The summed E-state index contributed by atoms with van der Waals surface area (Å²) in [5, 5.41) is 0. The number of hydrogen-bond donors (Lipinski definition) is 1. The highest BCUT2D eigenvalue weighted by atomic mass is 16.5. The molecule has 2 aromatic rings. The maximum Gasteiger partial charge on any atom is 0.255 e. The van der Waals surface area contributed by atoms with Gasteiger partial charge in [0.1, 0.15) is 5.75 Å². The van der Waals surface area contributed by atoms with Gasteiger partial charge in [-0.15, -0.1) is 0 Å². The third-order valence-corrected chi connectivity index (χ3v) is 6.00. The van der Waals surface area contributed by atoms with E-state index in [0.717, 1.165) is 22.6 Å². The molecule has 2 amide bonds. The number of likely N-dealkylation sites (tertiary alicyclic amines) is 2. The Morgan fingerprint density at radius 3 is 2.44 bits per heavy atom. The second-order valence-corrected chi connectivity index (χ2v) is 7.54. The average molecular weight is 367 g/mol. The van der Waals surface area contributed by atoms with Crippen LogP contribution in [0.2, 0.25) is 0 Å². The quantitative estimate of drug-likeness (QED) is 0.907. The number of nitrogens with zero attached hydrogens (tertiary/aromatic N) is 2. The zero-order valence-electron chi connectivity index (χ0n) is 15.9. The number of carbonyl (C=O) groups excluding carboxylic acids is 2. The van der Waals surface area contributed by atoms with E-state index in [-0.39, 0.29) is 23.8 Å². The number of ether oxygens (including phenoxy) is 1. The van der Waals surface area contributed by atoms with E-state index >= 15 is 0 Å². The molecule has 1 aromatic heterocycles. The van der Waals surface area contributed by atoms with Crippen molar-refractivity contribution >= 4 is 11.8 Å². The van der Waals surface area contributed by atoms with Gasteiger partial charge in [-0.1, -0.05) is 12.1 Å². The molecule has 1 N–H and O–H groups in total. The van der Waals surface area contributed by atoms with E-state index in [4.69, 9.17) is 4.74 Å². The molecule has 0 saturated carbocycles. The summed E-state index contributed by atoms with van der Waals surface area (Å²) < 4.78 is 5.26. The largest absolute Gasteiger partial charge is 0.497 e. The van der Waals surface area contributed by atoms with Crippen LogP contribution in [0.15, 0.2) is 36.5 Å². The summed E-state index contributed by atoms with van der Waals surface area (Å²) in [6.07, 6.45) is 1.80. The van der Waals surface area contributed by atoms with Gasteiger partial charge in [0.25, 0.3) is 5.91 Å². The predicted molar refractivity (Wildman–Crippen MR) is 102 cm³/mol. The Hall–Kier alpha value is -2.76. The third kappa shape index (κ3) is 2.99. The molecule has 3 atom stereocenters. The van der Waals surface area contributed by atoms with Gasteiger partial charge < -0.3 is 19.5 Å². The lowest BCUT2D eigenvalue weighted by Crippen LogP contribution is -2.36. The van der Waals surface area contributed by atoms with Crippen LogP contribution in [-0.2, 0) is 4.79 Å². The molecule has 0 bridgehead atoms. The third-order valence-electron chi connectivity index (χ3n) is 6.00. The van der Waals surface area contributed by atoms with Gasteiger partial charge in [-0.3, -0.25) is 9.59 Å². The smallest absolute Gasteiger partial charge is 0.255 e. The summed E-state index contributed by atoms with van der Waals surface area (Å²) in [4.78, 5) is 32.1. The number of aryl methyl sites for hydroxylation is 1. The summed E-state index contributed by atoms with van der Waals surface area (Å²) in [5.74, 6) is 1.53. The Bertz CT molecular complexity index is 858. The molecular weight excluding hydrogens is 342 g/mol. The minimum Gasteiger partial charge on any atom is -0.497 e. The molecule has 6 nitrogen and oxygen atoms in total. The molecule has 2 aliphatic heterocycles. The SMILES string of the molecule is COc1ccc([C@H]2[C@@H]3CN(C(=O)c4cc[nH]c4C)C[C@@H]3CN2C(C)=O)cc1. The molecular formula is C21H25N3O3. The fourth-order valence-corrected chi connectivity index (χ4v) is 4.62. The summed E-state index contributed by atoms with van der Waals surface area (Å²) in [7, 11) is 1.64. The topological polar surface area (TPSA) is 65.6 Å². The van der Waals surface area contributed by atoms with E-state index in [9.17, 15) is 9.59 Å². The van der Waals surface area contributed by atoms with Crippen LogP contribution in [-0.4, -0.2) is 53.3 Å². The first-order valence-corrected chi connectivity index (χ1v) is 9.34. The highest BCUT2D eigenvalue weighted by Crippen LogP contribution is 2.45. The van der Waals surface area contributed by atoms with Gasteiger partial charge in [-0.05, 0) is 30.7 Å². The molecule has 4 rings (SSSR count). The standard InChI is InChI=1S/C21H25N3O3/c1-13-18(8-9-22-13)21(26)23-10-16-11-24(14(2)25)20(19(16)12-23)15-4-6-17(27-3)7-5-15/h4-9,16,19-20,22H,10-12H2,1-3H3/t16-,19-,20+/m1/s1. The summed E-state index contributed by atoms with van der Waals surface area (Å²) in [5.41, 5.74) is 2.74. The minimum absolute atomic E-state index is 0.00327. The Balaban J connectivity index is 1.59. The molecule has 2 aliphatic rings. The molecule has 1 aromatic carbocycles. The highest BCUT2D eigenvalue weighted by Gasteiger charge is 2.49. The molecule has 0 unspecified atom stereocenters. The van der Waals surface area contributed by atoms with Crippen molar-refractivity contribution in [2.24, 2.45) is 11.8 Å². The number of hydrogen-bond acceptors (Lipinski definition) is 3. The summed E-state index contributed by atoms with van der Waals surface area (Å²) in [6.45, 7) is 5.62. The number of fused-ring (bicyclic) bond motifs is 1. The van der Waals surface area contributed by atoms with Crippen molar-refractivity contribution in [3.05, 3.63) is 53.3 Å². The van der Waals surface area contributed by atoms with Gasteiger partial charge in [0.05, 0.1) is 18.7 Å². The van der Waals surface area contributed by atoms with Gasteiger partial charge in [-0.2, -0.15) is 0 Å². The van der Waals surface area contributed by atoms with Crippen LogP contribution >= 0.6 is 0 Å². The average Bonchev–Trinajstić information content (AvgIpc) is 3.35. The number of methoxy groups -OCH3 is 1. The van der Waals surface area contributed by atoms with E-state index in [0.29, 0.717) is 25.6 Å². The number of amides is 2. The van der Waals surface area contributed by atoms with E-state index < -0.39 is 0 Å². The van der Waals surface area contributed by atoms with E-state index in [1.54, 1.807) is 20.2 Å². The number of H-pyrrole nitrogens is 1. The van der Waals surface area contributed by atoms with Crippen LogP contribution in [0.5, 0.6) is 5.75 Å². The van der Waals surface area contributed by atoms with Gasteiger partial charge in [-0.25, -0.2) is 0 Å². The summed E-state index contributed by atoms with van der Waals surface area (Å²) >= 11 is 0. The van der Waals surface area contributed by atoms with Gasteiger partial charge in [0.15, 0.2) is 0 Å². The zero-order valence-corrected chi connectivity index (χ0v) is 15.9. The van der Waals surface area contributed by atoms with Crippen LogP contribution in [0, 0.1) is 18.8 Å². The Kier molecular flexibility index (Phi) is 4.42. The normalized spacial score (nSPS) is 24.2. The van der Waals surface area contributed by atoms with Crippen molar-refractivity contribution in [1.29, 1.82) is 0 Å².